The number of rotatable bonds is 4. The molecule has 4 rings (SSSR count). The van der Waals surface area contributed by atoms with Gasteiger partial charge in [0.15, 0.2) is 4.96 Å². The largest absolute Gasteiger partial charge is 0.456 e. The Balaban J connectivity index is 1.49. The summed E-state index contributed by atoms with van der Waals surface area (Å²) >= 11 is 3.14. The zero-order chi connectivity index (χ0) is 18.1. The van der Waals surface area contributed by atoms with Crippen LogP contribution in [0.1, 0.15) is 39.5 Å². The van der Waals surface area contributed by atoms with E-state index in [0.717, 1.165) is 41.8 Å². The molecule has 1 aliphatic rings. The van der Waals surface area contributed by atoms with Crippen molar-refractivity contribution in [3.63, 3.8) is 0 Å². The number of aryl methyl sites for hydroxylation is 3. The molecule has 0 saturated carbocycles. The molecule has 0 amide bonds. The molecule has 0 bridgehead atoms. The highest BCUT2D eigenvalue weighted by Crippen LogP contribution is 2.28. The number of carbonyl (C=O) groups excluding carboxylic acids is 1. The molecule has 7 heteroatoms. The first-order valence-electron chi connectivity index (χ1n) is 8.54. The molecule has 0 aliphatic heterocycles. The van der Waals surface area contributed by atoms with Crippen LogP contribution >= 0.6 is 22.7 Å². The number of hydrogen-bond acceptors (Lipinski definition) is 6. The van der Waals surface area contributed by atoms with Crippen LogP contribution in [0.3, 0.4) is 0 Å². The number of esters is 1. The SMILES string of the molecule is Cc1ccsc1/C=C/C(=O)OCc1cc(=O)n2c3c(sc2n1)CCCC3. The number of hydrogen-bond donors (Lipinski definition) is 0. The molecule has 3 aromatic rings. The third-order valence-corrected chi connectivity index (χ3v) is 6.58. The van der Waals surface area contributed by atoms with Crippen LogP contribution in [0.5, 0.6) is 0 Å². The van der Waals surface area contributed by atoms with E-state index in [1.165, 1.54) is 17.0 Å². The van der Waals surface area contributed by atoms with E-state index in [0.29, 0.717) is 10.7 Å². The van der Waals surface area contributed by atoms with Gasteiger partial charge in [-0.15, -0.1) is 22.7 Å². The van der Waals surface area contributed by atoms with Crippen LogP contribution in [0.25, 0.3) is 11.0 Å². The lowest BCUT2D eigenvalue weighted by Crippen LogP contribution is -2.18. The van der Waals surface area contributed by atoms with Crippen LogP contribution in [0.15, 0.2) is 28.4 Å². The van der Waals surface area contributed by atoms with Crippen molar-refractivity contribution in [3.8, 4) is 0 Å². The summed E-state index contributed by atoms with van der Waals surface area (Å²) in [7, 11) is 0. The summed E-state index contributed by atoms with van der Waals surface area (Å²) in [6.07, 6.45) is 7.38. The molecule has 0 saturated heterocycles. The molecule has 134 valence electrons. The fourth-order valence-electron chi connectivity index (χ4n) is 3.11. The molecule has 0 unspecified atom stereocenters. The lowest BCUT2D eigenvalue weighted by molar-refractivity contribution is -0.139. The Morgan fingerprint density at radius 2 is 2.23 bits per heavy atom. The molecular weight excluding hydrogens is 368 g/mol. The molecule has 0 atom stereocenters. The zero-order valence-corrected chi connectivity index (χ0v) is 16.0. The van der Waals surface area contributed by atoms with Gasteiger partial charge in [-0.05, 0) is 55.7 Å². The van der Waals surface area contributed by atoms with E-state index in [1.807, 2.05) is 18.4 Å². The second-order valence-electron chi connectivity index (χ2n) is 6.29. The number of thiophene rings is 1. The van der Waals surface area contributed by atoms with Gasteiger partial charge in [-0.1, -0.05) is 0 Å². The number of aromatic nitrogens is 2. The molecule has 0 fully saturated rings. The van der Waals surface area contributed by atoms with E-state index in [1.54, 1.807) is 33.2 Å². The normalized spacial score (nSPS) is 14.0. The van der Waals surface area contributed by atoms with E-state index in [-0.39, 0.29) is 12.2 Å². The van der Waals surface area contributed by atoms with Gasteiger partial charge in [0.25, 0.3) is 5.56 Å². The summed E-state index contributed by atoms with van der Waals surface area (Å²) in [4.78, 5) is 31.9. The highest BCUT2D eigenvalue weighted by atomic mass is 32.1. The highest BCUT2D eigenvalue weighted by molar-refractivity contribution is 7.17. The minimum atomic E-state index is -0.440. The summed E-state index contributed by atoms with van der Waals surface area (Å²) in [5.41, 5.74) is 2.63. The molecular formula is C19H18N2O3S2. The monoisotopic (exact) mass is 386 g/mol. The van der Waals surface area contributed by atoms with Crippen molar-refractivity contribution in [1.29, 1.82) is 0 Å². The first kappa shape index (κ1) is 17.2. The van der Waals surface area contributed by atoms with Gasteiger partial charge >= 0.3 is 5.97 Å². The quantitative estimate of drug-likeness (QED) is 0.506. The number of nitrogens with zero attached hydrogens (tertiary/aromatic N) is 2. The minimum absolute atomic E-state index is 0.000895. The molecule has 5 nitrogen and oxygen atoms in total. The minimum Gasteiger partial charge on any atom is -0.456 e. The molecule has 0 spiro atoms. The van der Waals surface area contributed by atoms with Crippen LogP contribution in [0.4, 0.5) is 0 Å². The smallest absolute Gasteiger partial charge is 0.331 e. The summed E-state index contributed by atoms with van der Waals surface area (Å²) < 4.78 is 6.96. The average molecular weight is 386 g/mol. The van der Waals surface area contributed by atoms with Gasteiger partial charge in [-0.3, -0.25) is 9.20 Å². The van der Waals surface area contributed by atoms with Crippen molar-refractivity contribution in [2.75, 3.05) is 0 Å². The standard InChI is InChI=1S/C19H18N2O3S2/c1-12-8-9-25-15(12)6-7-18(23)24-11-13-10-17(22)21-14-4-2-3-5-16(14)26-19(21)20-13/h6-10H,2-5,11H2,1H3/b7-6+. The Kier molecular flexibility index (Phi) is 4.74. The van der Waals surface area contributed by atoms with E-state index >= 15 is 0 Å². The Labute approximate surface area is 158 Å². The summed E-state index contributed by atoms with van der Waals surface area (Å²) in [6.45, 7) is 2.00. The summed E-state index contributed by atoms with van der Waals surface area (Å²) in [6, 6.07) is 3.47. The van der Waals surface area contributed by atoms with Gasteiger partial charge in [0.05, 0.1) is 5.69 Å². The number of carbonyl (C=O) groups is 1. The van der Waals surface area contributed by atoms with E-state index in [9.17, 15) is 9.59 Å². The number of thiazole rings is 1. The zero-order valence-electron chi connectivity index (χ0n) is 14.4. The highest BCUT2D eigenvalue weighted by Gasteiger charge is 2.18. The van der Waals surface area contributed by atoms with Crippen molar-refractivity contribution in [2.24, 2.45) is 0 Å². The maximum atomic E-state index is 12.5. The van der Waals surface area contributed by atoms with E-state index in [4.69, 9.17) is 4.74 Å². The summed E-state index contributed by atoms with van der Waals surface area (Å²) in [5.74, 6) is -0.440. The van der Waals surface area contributed by atoms with E-state index in [2.05, 4.69) is 4.98 Å². The van der Waals surface area contributed by atoms with Crippen LogP contribution < -0.4 is 5.56 Å². The van der Waals surface area contributed by atoms with Gasteiger partial charge in [-0.25, -0.2) is 9.78 Å². The molecule has 1 aliphatic carbocycles. The second-order valence-corrected chi connectivity index (χ2v) is 8.30. The fourth-order valence-corrected chi connectivity index (χ4v) is 5.16. The fraction of sp³-hybridized carbons (Fsp3) is 0.316. The summed E-state index contributed by atoms with van der Waals surface area (Å²) in [5, 5.41) is 1.98. The Morgan fingerprint density at radius 1 is 1.38 bits per heavy atom. The van der Waals surface area contributed by atoms with Gasteiger partial charge in [-0.2, -0.15) is 0 Å². The molecule has 0 radical (unpaired) electrons. The molecule has 0 N–H and O–H groups in total. The molecule has 3 aromatic heterocycles. The maximum Gasteiger partial charge on any atom is 0.331 e. The van der Waals surface area contributed by atoms with Gasteiger partial charge in [0.1, 0.15) is 6.61 Å². The van der Waals surface area contributed by atoms with Gasteiger partial charge in [0.2, 0.25) is 0 Å². The van der Waals surface area contributed by atoms with Gasteiger partial charge in [0, 0.05) is 27.6 Å². The predicted octanol–water partition coefficient (Wildman–Crippen LogP) is 3.76. The van der Waals surface area contributed by atoms with Crippen molar-refractivity contribution in [2.45, 2.75) is 39.2 Å². The first-order valence-corrected chi connectivity index (χ1v) is 10.2. The lowest BCUT2D eigenvalue weighted by atomic mass is 10.0. The van der Waals surface area contributed by atoms with Crippen LogP contribution in [0.2, 0.25) is 0 Å². The lowest BCUT2D eigenvalue weighted by Gasteiger charge is -2.10. The molecule has 26 heavy (non-hydrogen) atoms. The van der Waals surface area contributed by atoms with Crippen molar-refractivity contribution in [1.82, 2.24) is 9.38 Å². The van der Waals surface area contributed by atoms with Crippen molar-refractivity contribution >= 4 is 39.7 Å². The van der Waals surface area contributed by atoms with E-state index < -0.39 is 5.97 Å². The first-order chi connectivity index (χ1) is 12.6. The maximum absolute atomic E-state index is 12.5. The second kappa shape index (κ2) is 7.17. The molecule has 3 heterocycles. The molecule has 0 aromatic carbocycles. The van der Waals surface area contributed by atoms with Crippen molar-refractivity contribution in [3.05, 3.63) is 60.6 Å². The number of ether oxygens (including phenoxy) is 1. The number of fused-ring (bicyclic) bond motifs is 3. The third-order valence-electron chi connectivity index (χ3n) is 4.45. The van der Waals surface area contributed by atoms with Gasteiger partial charge < -0.3 is 4.74 Å². The Bertz CT molecular complexity index is 1060. The average Bonchev–Trinajstić information content (AvgIpc) is 3.21. The Hall–Kier alpha value is -2.25. The third kappa shape index (κ3) is 3.37. The predicted molar refractivity (Wildman–Crippen MR) is 104 cm³/mol. The van der Waals surface area contributed by atoms with Crippen molar-refractivity contribution < 1.29 is 9.53 Å². The Morgan fingerprint density at radius 3 is 3.04 bits per heavy atom. The topological polar surface area (TPSA) is 60.7 Å². The van der Waals surface area contributed by atoms with Crippen LogP contribution in [-0.4, -0.2) is 15.4 Å². The van der Waals surface area contributed by atoms with Crippen LogP contribution in [0, 0.1) is 6.92 Å². The van der Waals surface area contributed by atoms with Crippen LogP contribution in [-0.2, 0) is 29.0 Å².